The fourth-order valence-corrected chi connectivity index (χ4v) is 4.10. The molecule has 1 amide bonds. The molecule has 0 aliphatic carbocycles. The van der Waals surface area contributed by atoms with E-state index in [-0.39, 0.29) is 18.6 Å². The van der Waals surface area contributed by atoms with Crippen LogP contribution >= 0.6 is 0 Å². The fourth-order valence-electron chi connectivity index (χ4n) is 4.10. The molecule has 2 aliphatic rings. The molecule has 0 saturated carbocycles. The van der Waals surface area contributed by atoms with E-state index in [9.17, 15) is 14.3 Å². The van der Waals surface area contributed by atoms with Crippen LogP contribution < -0.4 is 5.32 Å². The minimum absolute atomic E-state index is 0.247. The Kier molecular flexibility index (Phi) is 6.09. The second-order valence-electron chi connectivity index (χ2n) is 8.30. The summed E-state index contributed by atoms with van der Waals surface area (Å²) in [5.41, 5.74) is 4.44. The maximum absolute atomic E-state index is 13.8. The van der Waals surface area contributed by atoms with Gasteiger partial charge in [-0.15, -0.1) is 0 Å². The van der Waals surface area contributed by atoms with Crippen LogP contribution in [0.25, 0.3) is 11.3 Å². The average Bonchev–Trinajstić information content (AvgIpc) is 3.29. The van der Waals surface area contributed by atoms with Crippen molar-refractivity contribution in [3.05, 3.63) is 64.5 Å². The number of fused-ring (bicyclic) bond motifs is 2. The zero-order chi connectivity index (χ0) is 22.1. The molecule has 7 heteroatoms. The topological polar surface area (TPSA) is 82.0 Å². The first kappa shape index (κ1) is 21.5. The predicted molar refractivity (Wildman–Crippen MR) is 117 cm³/mol. The smallest absolute Gasteiger partial charge is 0.260 e. The Bertz CT molecular complexity index is 1030. The molecule has 0 spiro atoms. The lowest BCUT2D eigenvalue weighted by atomic mass is 9.98. The molecule has 0 radical (unpaired) electrons. The first-order valence-electron chi connectivity index (χ1n) is 10.5. The Hall–Kier alpha value is -2.74. The Balaban J connectivity index is 1.56. The largest absolute Gasteiger partial charge is 0.487 e. The van der Waals surface area contributed by atoms with Crippen molar-refractivity contribution in [1.82, 2.24) is 4.90 Å². The molecular weight excluding hydrogens is 399 g/mol. The van der Waals surface area contributed by atoms with Gasteiger partial charge in [-0.1, -0.05) is 18.2 Å². The summed E-state index contributed by atoms with van der Waals surface area (Å²) in [4.78, 5) is 14.7. The lowest BCUT2D eigenvalue weighted by Crippen LogP contribution is -2.40. The van der Waals surface area contributed by atoms with Gasteiger partial charge < -0.3 is 20.3 Å². The van der Waals surface area contributed by atoms with Crippen LogP contribution in [0.1, 0.15) is 36.1 Å². The van der Waals surface area contributed by atoms with Crippen molar-refractivity contribution in [2.75, 3.05) is 25.0 Å². The highest BCUT2D eigenvalue weighted by atomic mass is 19.1. The molecule has 0 bridgehead atoms. The number of hydrogen-bond donors (Lipinski definition) is 3. The van der Waals surface area contributed by atoms with Gasteiger partial charge in [0, 0.05) is 41.5 Å². The van der Waals surface area contributed by atoms with Crippen molar-refractivity contribution in [2.45, 2.75) is 39.0 Å². The predicted octanol–water partition coefficient (Wildman–Crippen LogP) is 2.78. The molecule has 0 fully saturated rings. The van der Waals surface area contributed by atoms with Crippen LogP contribution in [0.3, 0.4) is 0 Å². The Morgan fingerprint density at radius 3 is 2.74 bits per heavy atom. The highest BCUT2D eigenvalue weighted by molar-refractivity contribution is 6.36. The molecule has 0 aromatic heterocycles. The summed E-state index contributed by atoms with van der Waals surface area (Å²) in [6.07, 6.45) is 0.0274. The standard InChI is InChI=1S/C24H27FN2O4/c1-14(2)27(11-18(29)12-28)8-7-15-3-5-19-16(9-15)13-31-23(19)22-20-10-17(25)4-6-21(20)26-24(22)30/h3-6,9-10,14,18,28-29H,7-8,11-13H2,1-2H3,(H,26,30)/b23-22+/t18-/m1/s1. The van der Waals surface area contributed by atoms with E-state index in [1.54, 1.807) is 6.07 Å². The molecule has 2 heterocycles. The van der Waals surface area contributed by atoms with E-state index >= 15 is 0 Å². The maximum Gasteiger partial charge on any atom is 0.260 e. The first-order valence-corrected chi connectivity index (χ1v) is 10.5. The number of benzene rings is 2. The van der Waals surface area contributed by atoms with Crippen molar-refractivity contribution in [3.63, 3.8) is 0 Å². The van der Waals surface area contributed by atoms with Crippen molar-refractivity contribution in [2.24, 2.45) is 0 Å². The van der Waals surface area contributed by atoms with Gasteiger partial charge in [0.25, 0.3) is 5.91 Å². The molecule has 4 rings (SSSR count). The molecule has 0 saturated heterocycles. The highest BCUT2D eigenvalue weighted by Crippen LogP contribution is 2.41. The van der Waals surface area contributed by atoms with Gasteiger partial charge in [-0.3, -0.25) is 9.69 Å². The van der Waals surface area contributed by atoms with Crippen molar-refractivity contribution in [1.29, 1.82) is 0 Å². The van der Waals surface area contributed by atoms with Gasteiger partial charge in [0.2, 0.25) is 0 Å². The zero-order valence-corrected chi connectivity index (χ0v) is 17.7. The average molecular weight is 426 g/mol. The maximum atomic E-state index is 13.8. The van der Waals surface area contributed by atoms with Crippen LogP contribution in [0.15, 0.2) is 36.4 Å². The van der Waals surface area contributed by atoms with Crippen LogP contribution in [-0.2, 0) is 22.6 Å². The fraction of sp³-hybridized carbons (Fsp3) is 0.375. The number of hydrogen-bond acceptors (Lipinski definition) is 5. The van der Waals surface area contributed by atoms with Gasteiger partial charge in [0.05, 0.1) is 18.3 Å². The zero-order valence-electron chi connectivity index (χ0n) is 17.7. The van der Waals surface area contributed by atoms with Crippen LogP contribution in [0.2, 0.25) is 0 Å². The van der Waals surface area contributed by atoms with E-state index in [0.29, 0.717) is 35.7 Å². The number of nitrogens with one attached hydrogen (secondary N) is 1. The van der Waals surface area contributed by atoms with Crippen molar-refractivity contribution < 1.29 is 24.1 Å². The Labute approximate surface area is 181 Å². The summed E-state index contributed by atoms with van der Waals surface area (Å²) < 4.78 is 19.7. The van der Waals surface area contributed by atoms with Gasteiger partial charge in [0.1, 0.15) is 18.2 Å². The lowest BCUT2D eigenvalue weighted by Gasteiger charge is -2.28. The number of halogens is 1. The first-order chi connectivity index (χ1) is 14.9. The summed E-state index contributed by atoms with van der Waals surface area (Å²) in [7, 11) is 0. The molecule has 0 unspecified atom stereocenters. The van der Waals surface area contributed by atoms with E-state index in [2.05, 4.69) is 30.1 Å². The molecule has 6 nitrogen and oxygen atoms in total. The quantitative estimate of drug-likeness (QED) is 0.593. The Morgan fingerprint density at radius 1 is 1.19 bits per heavy atom. The summed E-state index contributed by atoms with van der Waals surface area (Å²) in [5.74, 6) is -0.205. The van der Waals surface area contributed by atoms with E-state index in [1.807, 2.05) is 12.1 Å². The van der Waals surface area contributed by atoms with Gasteiger partial charge in [0.15, 0.2) is 0 Å². The van der Waals surface area contributed by atoms with Crippen LogP contribution in [0.4, 0.5) is 10.1 Å². The third-order valence-electron chi connectivity index (χ3n) is 5.81. The molecule has 1 atom stereocenters. The van der Waals surface area contributed by atoms with E-state index in [1.165, 1.54) is 12.1 Å². The van der Waals surface area contributed by atoms with E-state index in [4.69, 9.17) is 9.84 Å². The molecule has 2 aromatic carbocycles. The molecule has 2 aliphatic heterocycles. The number of anilines is 1. The number of nitrogens with zero attached hydrogens (tertiary/aromatic N) is 1. The summed E-state index contributed by atoms with van der Waals surface area (Å²) in [6.45, 7) is 5.40. The highest BCUT2D eigenvalue weighted by Gasteiger charge is 2.32. The van der Waals surface area contributed by atoms with Crippen molar-refractivity contribution >= 4 is 22.9 Å². The SMILES string of the molecule is CC(C)N(CCc1ccc2c(c1)CO/C2=C1/C(=O)Nc2ccc(F)cc21)C[C@@H](O)CO. The van der Waals surface area contributed by atoms with Crippen LogP contribution in [0, 0.1) is 5.82 Å². The van der Waals surface area contributed by atoms with Gasteiger partial charge >= 0.3 is 0 Å². The molecule has 2 aromatic rings. The van der Waals surface area contributed by atoms with Gasteiger partial charge in [-0.25, -0.2) is 4.39 Å². The number of aliphatic hydroxyl groups excluding tert-OH is 2. The minimum Gasteiger partial charge on any atom is -0.487 e. The minimum atomic E-state index is -0.754. The van der Waals surface area contributed by atoms with E-state index < -0.39 is 11.9 Å². The van der Waals surface area contributed by atoms with Crippen LogP contribution in [0.5, 0.6) is 0 Å². The molecule has 3 N–H and O–H groups in total. The van der Waals surface area contributed by atoms with Crippen LogP contribution in [-0.4, -0.2) is 52.9 Å². The Morgan fingerprint density at radius 2 is 2.00 bits per heavy atom. The van der Waals surface area contributed by atoms with Gasteiger partial charge in [-0.05, 0) is 44.0 Å². The third kappa shape index (κ3) is 4.35. The number of carbonyl (C=O) groups is 1. The third-order valence-corrected chi connectivity index (χ3v) is 5.81. The van der Waals surface area contributed by atoms with E-state index in [0.717, 1.165) is 29.7 Å². The normalized spacial score (nSPS) is 18.2. The summed E-state index contributed by atoms with van der Waals surface area (Å²) in [5, 5.41) is 21.7. The number of amides is 1. The summed E-state index contributed by atoms with van der Waals surface area (Å²) >= 11 is 0. The number of carbonyl (C=O) groups excluding carboxylic acids is 1. The number of rotatable bonds is 7. The summed E-state index contributed by atoms with van der Waals surface area (Å²) in [6, 6.07) is 10.5. The number of ether oxygens (including phenoxy) is 1. The molecule has 31 heavy (non-hydrogen) atoms. The second-order valence-corrected chi connectivity index (χ2v) is 8.30. The second kappa shape index (κ2) is 8.78. The monoisotopic (exact) mass is 426 g/mol. The molecular formula is C24H27FN2O4. The lowest BCUT2D eigenvalue weighted by molar-refractivity contribution is -0.110. The van der Waals surface area contributed by atoms with Crippen molar-refractivity contribution in [3.8, 4) is 0 Å². The molecule has 164 valence electrons. The van der Waals surface area contributed by atoms with Gasteiger partial charge in [-0.2, -0.15) is 0 Å². The number of aliphatic hydroxyl groups is 2.